The van der Waals surface area contributed by atoms with Gasteiger partial charge in [-0.25, -0.2) is 4.98 Å². The lowest BCUT2D eigenvalue weighted by Gasteiger charge is -2.08. The van der Waals surface area contributed by atoms with Crippen LogP contribution in [0.5, 0.6) is 0 Å². The van der Waals surface area contributed by atoms with Gasteiger partial charge in [-0.1, -0.05) is 47.5 Å². The van der Waals surface area contributed by atoms with Gasteiger partial charge in [0.15, 0.2) is 10.2 Å². The molecule has 2 aromatic carbocycles. The van der Waals surface area contributed by atoms with Crippen LogP contribution in [0.3, 0.4) is 0 Å². The van der Waals surface area contributed by atoms with Gasteiger partial charge >= 0.3 is 0 Å². The summed E-state index contributed by atoms with van der Waals surface area (Å²) in [5, 5.41) is 8.49. The molecule has 126 valence electrons. The first-order chi connectivity index (χ1) is 12.0. The van der Waals surface area contributed by atoms with Crippen molar-refractivity contribution in [1.29, 1.82) is 0 Å². The fourth-order valence-electron chi connectivity index (χ4n) is 2.48. The Labute approximate surface area is 155 Å². The number of nitrogens with one attached hydrogen (secondary N) is 2. The van der Waals surface area contributed by atoms with Gasteiger partial charge in [-0.05, 0) is 38.2 Å². The Kier molecular flexibility index (Phi) is 5.21. The fourth-order valence-corrected chi connectivity index (χ4v) is 3.46. The molecule has 2 N–H and O–H groups in total. The third-order valence-corrected chi connectivity index (χ3v) is 4.47. The molecule has 1 amide bonds. The lowest BCUT2D eigenvalue weighted by Crippen LogP contribution is -2.34. The SMILES string of the molecule is Cc1cc(C)cc(C(=O)NC(=S)Nc2nc(-c3ccccc3)cs2)c1. The average molecular weight is 367 g/mol. The topological polar surface area (TPSA) is 54.0 Å². The van der Waals surface area contributed by atoms with Crippen LogP contribution >= 0.6 is 23.6 Å². The number of amides is 1. The highest BCUT2D eigenvalue weighted by Crippen LogP contribution is 2.24. The molecular weight excluding hydrogens is 350 g/mol. The van der Waals surface area contributed by atoms with E-state index < -0.39 is 0 Å². The van der Waals surface area contributed by atoms with Crippen LogP contribution in [0.1, 0.15) is 21.5 Å². The lowest BCUT2D eigenvalue weighted by molar-refractivity contribution is 0.0977. The molecule has 3 rings (SSSR count). The molecular formula is C19H17N3OS2. The number of thiocarbonyl (C=S) groups is 1. The number of thiazole rings is 1. The molecule has 0 saturated carbocycles. The summed E-state index contributed by atoms with van der Waals surface area (Å²) in [6, 6.07) is 15.6. The molecule has 6 heteroatoms. The van der Waals surface area contributed by atoms with Gasteiger partial charge in [0.1, 0.15) is 0 Å². The minimum absolute atomic E-state index is 0.232. The third kappa shape index (κ3) is 4.49. The van der Waals surface area contributed by atoms with Gasteiger partial charge in [0, 0.05) is 16.5 Å². The van der Waals surface area contributed by atoms with E-state index in [1.54, 1.807) is 0 Å². The number of aromatic nitrogens is 1. The Hall–Kier alpha value is -2.57. The zero-order chi connectivity index (χ0) is 17.8. The number of carbonyl (C=O) groups is 1. The molecule has 0 fully saturated rings. The average Bonchev–Trinajstić information content (AvgIpc) is 3.03. The van der Waals surface area contributed by atoms with Gasteiger partial charge in [-0.2, -0.15) is 0 Å². The Morgan fingerprint density at radius 1 is 1.08 bits per heavy atom. The van der Waals surface area contributed by atoms with Crippen molar-refractivity contribution in [2.45, 2.75) is 13.8 Å². The lowest BCUT2D eigenvalue weighted by atomic mass is 10.1. The minimum atomic E-state index is -0.232. The molecule has 0 aliphatic carbocycles. The van der Waals surface area contributed by atoms with Crippen molar-refractivity contribution in [3.63, 3.8) is 0 Å². The largest absolute Gasteiger partial charge is 0.308 e. The van der Waals surface area contributed by atoms with Crippen molar-refractivity contribution in [2.24, 2.45) is 0 Å². The highest BCUT2D eigenvalue weighted by atomic mass is 32.1. The van der Waals surface area contributed by atoms with E-state index in [1.165, 1.54) is 11.3 Å². The van der Waals surface area contributed by atoms with E-state index in [0.29, 0.717) is 10.7 Å². The molecule has 0 aliphatic rings. The van der Waals surface area contributed by atoms with Crippen LogP contribution in [0.25, 0.3) is 11.3 Å². The molecule has 1 heterocycles. The van der Waals surface area contributed by atoms with Crippen molar-refractivity contribution >= 4 is 39.7 Å². The maximum atomic E-state index is 12.3. The number of hydrogen-bond acceptors (Lipinski definition) is 4. The number of carbonyl (C=O) groups excluding carboxylic acids is 1. The third-order valence-electron chi connectivity index (χ3n) is 3.51. The fraction of sp³-hybridized carbons (Fsp3) is 0.105. The molecule has 0 bridgehead atoms. The quantitative estimate of drug-likeness (QED) is 0.667. The summed E-state index contributed by atoms with van der Waals surface area (Å²) in [5.74, 6) is -0.232. The molecule has 0 unspecified atom stereocenters. The predicted octanol–water partition coefficient (Wildman–Crippen LogP) is 4.55. The second-order valence-electron chi connectivity index (χ2n) is 5.69. The molecule has 1 aromatic heterocycles. The Bertz CT molecular complexity index is 899. The summed E-state index contributed by atoms with van der Waals surface area (Å²) in [7, 11) is 0. The Morgan fingerprint density at radius 3 is 2.44 bits per heavy atom. The van der Waals surface area contributed by atoms with E-state index in [2.05, 4.69) is 15.6 Å². The summed E-state index contributed by atoms with van der Waals surface area (Å²) in [4.78, 5) is 16.8. The van der Waals surface area contributed by atoms with Gasteiger partial charge in [0.2, 0.25) is 0 Å². The first-order valence-corrected chi connectivity index (χ1v) is 9.01. The van der Waals surface area contributed by atoms with Crippen molar-refractivity contribution in [3.8, 4) is 11.3 Å². The summed E-state index contributed by atoms with van der Waals surface area (Å²) in [6.07, 6.45) is 0. The van der Waals surface area contributed by atoms with Crippen molar-refractivity contribution < 1.29 is 4.79 Å². The van der Waals surface area contributed by atoms with Crippen LogP contribution in [0, 0.1) is 13.8 Å². The van der Waals surface area contributed by atoms with Crippen molar-refractivity contribution in [3.05, 3.63) is 70.6 Å². The second-order valence-corrected chi connectivity index (χ2v) is 6.95. The standard InChI is InChI=1S/C19H17N3OS2/c1-12-8-13(2)10-15(9-12)17(23)21-18(24)22-19-20-16(11-25-19)14-6-4-3-5-7-14/h3-11H,1-2H3,(H2,20,21,22,23,24). The molecule has 0 saturated heterocycles. The monoisotopic (exact) mass is 367 g/mol. The van der Waals surface area contributed by atoms with Crippen LogP contribution in [0.4, 0.5) is 5.13 Å². The van der Waals surface area contributed by atoms with Crippen LogP contribution < -0.4 is 10.6 Å². The van der Waals surface area contributed by atoms with Crippen LogP contribution in [0.2, 0.25) is 0 Å². The number of aryl methyl sites for hydroxylation is 2. The van der Waals surface area contributed by atoms with Gasteiger partial charge in [0.05, 0.1) is 5.69 Å². The Morgan fingerprint density at radius 2 is 1.76 bits per heavy atom. The number of hydrogen-bond donors (Lipinski definition) is 2. The van der Waals surface area contributed by atoms with Gasteiger partial charge in [-0.15, -0.1) is 11.3 Å². The van der Waals surface area contributed by atoms with E-state index >= 15 is 0 Å². The number of benzene rings is 2. The van der Waals surface area contributed by atoms with Crippen LogP contribution in [0.15, 0.2) is 53.9 Å². The van der Waals surface area contributed by atoms with Crippen LogP contribution in [-0.4, -0.2) is 16.0 Å². The highest BCUT2D eigenvalue weighted by molar-refractivity contribution is 7.80. The normalized spacial score (nSPS) is 10.3. The molecule has 0 spiro atoms. The van der Waals surface area contributed by atoms with Crippen molar-refractivity contribution in [2.75, 3.05) is 5.32 Å². The van der Waals surface area contributed by atoms with E-state index in [1.807, 2.05) is 67.8 Å². The molecule has 0 aliphatic heterocycles. The summed E-state index contributed by atoms with van der Waals surface area (Å²) >= 11 is 6.67. The Balaban J connectivity index is 1.65. The highest BCUT2D eigenvalue weighted by Gasteiger charge is 2.11. The zero-order valence-electron chi connectivity index (χ0n) is 13.9. The first kappa shape index (κ1) is 17.3. The smallest absolute Gasteiger partial charge is 0.257 e. The minimum Gasteiger partial charge on any atom is -0.308 e. The molecule has 0 atom stereocenters. The van der Waals surface area contributed by atoms with E-state index in [9.17, 15) is 4.79 Å². The number of anilines is 1. The van der Waals surface area contributed by atoms with E-state index in [-0.39, 0.29) is 11.0 Å². The van der Waals surface area contributed by atoms with Gasteiger partial charge < -0.3 is 5.32 Å². The van der Waals surface area contributed by atoms with Crippen molar-refractivity contribution in [1.82, 2.24) is 10.3 Å². The van der Waals surface area contributed by atoms with Gasteiger partial charge in [0.25, 0.3) is 5.91 Å². The van der Waals surface area contributed by atoms with Crippen LogP contribution in [-0.2, 0) is 0 Å². The maximum absolute atomic E-state index is 12.3. The second kappa shape index (κ2) is 7.55. The van der Waals surface area contributed by atoms with Gasteiger partial charge in [-0.3, -0.25) is 10.1 Å². The maximum Gasteiger partial charge on any atom is 0.257 e. The number of rotatable bonds is 3. The summed E-state index contributed by atoms with van der Waals surface area (Å²) in [5.41, 5.74) is 4.58. The number of nitrogens with zero attached hydrogens (tertiary/aromatic N) is 1. The molecule has 4 nitrogen and oxygen atoms in total. The first-order valence-electron chi connectivity index (χ1n) is 7.73. The molecule has 0 radical (unpaired) electrons. The van der Waals surface area contributed by atoms with E-state index in [0.717, 1.165) is 22.4 Å². The van der Waals surface area contributed by atoms with E-state index in [4.69, 9.17) is 12.2 Å². The zero-order valence-corrected chi connectivity index (χ0v) is 15.5. The molecule has 3 aromatic rings. The summed E-state index contributed by atoms with van der Waals surface area (Å²) < 4.78 is 0. The predicted molar refractivity (Wildman–Crippen MR) is 107 cm³/mol. The summed E-state index contributed by atoms with van der Waals surface area (Å²) in [6.45, 7) is 3.92. The molecule has 25 heavy (non-hydrogen) atoms.